The molecule has 0 spiro atoms. The van der Waals surface area contributed by atoms with Crippen molar-refractivity contribution >= 4 is 23.6 Å². The maximum absolute atomic E-state index is 12.6. The highest BCUT2D eigenvalue weighted by Crippen LogP contribution is 2.27. The zero-order valence-electron chi connectivity index (χ0n) is 16.8. The fraction of sp³-hybridized carbons (Fsp3) is 0.333. The molecule has 10 nitrogen and oxygen atoms in total. The van der Waals surface area contributed by atoms with Gasteiger partial charge in [-0.25, -0.2) is 0 Å². The molecule has 2 aromatic rings. The predicted molar refractivity (Wildman–Crippen MR) is 110 cm³/mol. The van der Waals surface area contributed by atoms with Crippen LogP contribution in [0.2, 0.25) is 0 Å². The lowest BCUT2D eigenvalue weighted by Crippen LogP contribution is -2.55. The molecule has 164 valence electrons. The van der Waals surface area contributed by atoms with Crippen LogP contribution in [0.3, 0.4) is 0 Å². The molecule has 31 heavy (non-hydrogen) atoms. The number of benzene rings is 1. The van der Waals surface area contributed by atoms with Crippen molar-refractivity contribution in [3.63, 3.8) is 0 Å². The van der Waals surface area contributed by atoms with E-state index in [0.717, 1.165) is 0 Å². The van der Waals surface area contributed by atoms with Crippen molar-refractivity contribution in [3.8, 4) is 5.75 Å². The monoisotopic (exact) mass is 428 g/mol. The summed E-state index contributed by atoms with van der Waals surface area (Å²) in [5.41, 5.74) is 6.01. The third-order valence-electron chi connectivity index (χ3n) is 4.96. The van der Waals surface area contributed by atoms with Crippen LogP contribution in [0.5, 0.6) is 5.75 Å². The zero-order chi connectivity index (χ0) is 22.4. The van der Waals surface area contributed by atoms with Gasteiger partial charge in [-0.05, 0) is 42.8 Å². The number of nitrogens with one attached hydrogen (secondary N) is 1. The summed E-state index contributed by atoms with van der Waals surface area (Å²) in [6.45, 7) is 1.20. The van der Waals surface area contributed by atoms with Gasteiger partial charge in [0.15, 0.2) is 0 Å². The normalized spacial score (nSPS) is 15.1. The van der Waals surface area contributed by atoms with Crippen LogP contribution in [0.25, 0.3) is 0 Å². The first-order chi connectivity index (χ1) is 14.9. The lowest BCUT2D eigenvalue weighted by molar-refractivity contribution is -0.159. The van der Waals surface area contributed by atoms with Gasteiger partial charge in [0.1, 0.15) is 23.4 Å². The van der Waals surface area contributed by atoms with Gasteiger partial charge in [0.25, 0.3) is 0 Å². The second kappa shape index (κ2) is 9.79. The number of carbonyl (C=O) groups is 3. The minimum absolute atomic E-state index is 0.0217. The van der Waals surface area contributed by atoms with Crippen LogP contribution in [0.1, 0.15) is 30.2 Å². The van der Waals surface area contributed by atoms with Crippen LogP contribution < -0.4 is 10.5 Å². The molecule has 4 N–H and O–H groups in total. The molecule has 0 bridgehead atoms. The molecule has 2 heterocycles. The molecular weight excluding hydrogens is 404 g/mol. The van der Waals surface area contributed by atoms with Crippen LogP contribution in [0, 0.1) is 5.41 Å². The Kier molecular flexibility index (Phi) is 6.91. The highest BCUT2D eigenvalue weighted by atomic mass is 16.5. The van der Waals surface area contributed by atoms with E-state index >= 15 is 0 Å². The average Bonchev–Trinajstić information content (AvgIpc) is 3.27. The second-order valence-electron chi connectivity index (χ2n) is 7.06. The number of aliphatic carboxylic acids is 1. The molecule has 0 aliphatic carbocycles. The van der Waals surface area contributed by atoms with E-state index in [-0.39, 0.29) is 18.8 Å². The summed E-state index contributed by atoms with van der Waals surface area (Å²) in [6, 6.07) is 9.17. The number of ether oxygens (including phenoxy) is 1. The van der Waals surface area contributed by atoms with Gasteiger partial charge < -0.3 is 29.8 Å². The Morgan fingerprint density at radius 2 is 1.94 bits per heavy atom. The van der Waals surface area contributed by atoms with Crippen molar-refractivity contribution in [2.24, 2.45) is 5.73 Å². The standard InChI is InChI=1S/C21H24N4O6/c22-19(23)14-4-6-15(7-5-14)30-12-2-8-24-9-10-25(21(29)20(24)28)16(13-18(26)27)17-3-1-11-31-17/h1,3-7,11,16H,2,8-10,12-13H2,(H3,22,23)(H,26,27). The largest absolute Gasteiger partial charge is 0.494 e. The Labute approximate surface area is 178 Å². The van der Waals surface area contributed by atoms with Crippen molar-refractivity contribution < 1.29 is 28.6 Å². The molecule has 2 amide bonds. The van der Waals surface area contributed by atoms with Crippen molar-refractivity contribution in [1.82, 2.24) is 9.80 Å². The predicted octanol–water partition coefficient (Wildman–Crippen LogP) is 1.22. The Hall–Kier alpha value is -3.82. The fourth-order valence-electron chi connectivity index (χ4n) is 3.39. The first kappa shape index (κ1) is 21.9. The number of piperazine rings is 1. The number of amidine groups is 1. The van der Waals surface area contributed by atoms with Crippen LogP contribution in [0.4, 0.5) is 0 Å². The Bertz CT molecular complexity index is 941. The number of carbonyl (C=O) groups excluding carboxylic acids is 2. The number of carboxylic acids is 1. The third-order valence-corrected chi connectivity index (χ3v) is 4.96. The van der Waals surface area contributed by atoms with E-state index in [1.54, 1.807) is 36.4 Å². The smallest absolute Gasteiger partial charge is 0.312 e. The minimum atomic E-state index is -1.09. The molecule has 0 saturated carbocycles. The van der Waals surface area contributed by atoms with Crippen molar-refractivity contribution in [2.45, 2.75) is 18.9 Å². The Morgan fingerprint density at radius 1 is 1.19 bits per heavy atom. The van der Waals surface area contributed by atoms with E-state index in [9.17, 15) is 19.5 Å². The topological polar surface area (TPSA) is 150 Å². The van der Waals surface area contributed by atoms with E-state index in [2.05, 4.69) is 0 Å². The molecule has 1 fully saturated rings. The summed E-state index contributed by atoms with van der Waals surface area (Å²) >= 11 is 0. The summed E-state index contributed by atoms with van der Waals surface area (Å²) in [5.74, 6) is -1.56. The number of rotatable bonds is 10. The van der Waals surface area contributed by atoms with Gasteiger partial charge in [-0.1, -0.05) is 0 Å². The van der Waals surface area contributed by atoms with Crippen LogP contribution in [-0.4, -0.2) is 64.8 Å². The third kappa shape index (κ3) is 5.41. The quantitative estimate of drug-likeness (QED) is 0.223. The maximum Gasteiger partial charge on any atom is 0.312 e. The van der Waals surface area contributed by atoms with E-state index < -0.39 is 23.8 Å². The van der Waals surface area contributed by atoms with Crippen molar-refractivity contribution in [3.05, 3.63) is 54.0 Å². The molecule has 1 saturated heterocycles. The van der Waals surface area contributed by atoms with Crippen LogP contribution in [0.15, 0.2) is 47.1 Å². The number of nitrogens with two attached hydrogens (primary N) is 1. The summed E-state index contributed by atoms with van der Waals surface area (Å²) < 4.78 is 10.9. The minimum Gasteiger partial charge on any atom is -0.494 e. The highest BCUT2D eigenvalue weighted by molar-refractivity contribution is 6.35. The van der Waals surface area contributed by atoms with Gasteiger partial charge in [-0.15, -0.1) is 0 Å². The number of furan rings is 1. The van der Waals surface area contributed by atoms with Gasteiger partial charge in [0.2, 0.25) is 0 Å². The van der Waals surface area contributed by atoms with Crippen molar-refractivity contribution in [2.75, 3.05) is 26.2 Å². The SMILES string of the molecule is N=C(N)c1ccc(OCCCN2CCN(C(CC(=O)O)c3ccco3)C(=O)C2=O)cc1. The Morgan fingerprint density at radius 3 is 2.55 bits per heavy atom. The summed E-state index contributed by atoms with van der Waals surface area (Å²) in [7, 11) is 0. The van der Waals surface area contributed by atoms with Crippen molar-refractivity contribution in [1.29, 1.82) is 5.41 Å². The first-order valence-corrected chi connectivity index (χ1v) is 9.79. The number of carboxylic acid groups (broad SMARTS) is 1. The second-order valence-corrected chi connectivity index (χ2v) is 7.06. The summed E-state index contributed by atoms with van der Waals surface area (Å²) in [5, 5.41) is 16.6. The molecule has 0 radical (unpaired) electrons. The zero-order valence-corrected chi connectivity index (χ0v) is 16.8. The van der Waals surface area contributed by atoms with Gasteiger partial charge in [-0.3, -0.25) is 19.8 Å². The summed E-state index contributed by atoms with van der Waals surface area (Å²) in [6.07, 6.45) is 1.58. The lowest BCUT2D eigenvalue weighted by atomic mass is 10.1. The molecule has 10 heteroatoms. The lowest BCUT2D eigenvalue weighted by Gasteiger charge is -2.37. The van der Waals surface area contributed by atoms with E-state index in [1.165, 1.54) is 16.1 Å². The van der Waals surface area contributed by atoms with Gasteiger partial charge in [0.05, 0.1) is 19.3 Å². The van der Waals surface area contributed by atoms with Crippen LogP contribution >= 0.6 is 0 Å². The number of amides is 2. The van der Waals surface area contributed by atoms with E-state index in [0.29, 0.717) is 43.2 Å². The number of nitrogen functional groups attached to an aromatic ring is 1. The molecule has 1 aliphatic heterocycles. The fourth-order valence-corrected chi connectivity index (χ4v) is 3.39. The van der Waals surface area contributed by atoms with E-state index in [4.69, 9.17) is 20.3 Å². The van der Waals surface area contributed by atoms with Gasteiger partial charge in [-0.2, -0.15) is 0 Å². The highest BCUT2D eigenvalue weighted by Gasteiger charge is 2.38. The molecule has 1 aliphatic rings. The molecule has 1 aromatic carbocycles. The Balaban J connectivity index is 1.51. The van der Waals surface area contributed by atoms with Gasteiger partial charge in [0, 0.05) is 25.2 Å². The summed E-state index contributed by atoms with van der Waals surface area (Å²) in [4.78, 5) is 39.1. The van der Waals surface area contributed by atoms with E-state index in [1.807, 2.05) is 0 Å². The van der Waals surface area contributed by atoms with Gasteiger partial charge >= 0.3 is 17.8 Å². The number of hydrogen-bond acceptors (Lipinski definition) is 6. The molecular formula is C21H24N4O6. The maximum atomic E-state index is 12.6. The molecule has 1 aromatic heterocycles. The number of hydrogen-bond donors (Lipinski definition) is 3. The average molecular weight is 428 g/mol. The molecule has 1 atom stereocenters. The molecule has 1 unspecified atom stereocenters. The first-order valence-electron chi connectivity index (χ1n) is 9.79. The molecule has 3 rings (SSSR count). The number of nitrogens with zero attached hydrogens (tertiary/aromatic N) is 2. The van der Waals surface area contributed by atoms with Crippen LogP contribution in [-0.2, 0) is 14.4 Å².